The van der Waals surface area contributed by atoms with Crippen LogP contribution in [-0.2, 0) is 19.6 Å². The van der Waals surface area contributed by atoms with E-state index in [0.29, 0.717) is 43.3 Å². The van der Waals surface area contributed by atoms with Gasteiger partial charge in [0.15, 0.2) is 6.61 Å². The molecule has 8 nitrogen and oxygen atoms in total. The van der Waals surface area contributed by atoms with E-state index in [2.05, 4.69) is 17.6 Å². The van der Waals surface area contributed by atoms with Crippen LogP contribution < -0.4 is 15.4 Å². The molecule has 2 aliphatic heterocycles. The molecule has 0 unspecified atom stereocenters. The van der Waals surface area contributed by atoms with Crippen LogP contribution in [0.2, 0.25) is 0 Å². The van der Waals surface area contributed by atoms with Gasteiger partial charge in [-0.15, -0.1) is 0 Å². The van der Waals surface area contributed by atoms with Crippen molar-refractivity contribution in [3.8, 4) is 5.75 Å². The summed E-state index contributed by atoms with van der Waals surface area (Å²) in [6.07, 6.45) is 5.57. The molecule has 2 amide bonds. The maximum Gasteiger partial charge on any atom is 0.262 e. The zero-order valence-corrected chi connectivity index (χ0v) is 18.0. The first kappa shape index (κ1) is 21.1. The third kappa shape index (κ3) is 4.32. The molecular formula is C21H29N3O5S. The van der Waals surface area contributed by atoms with Gasteiger partial charge in [0.1, 0.15) is 5.75 Å². The number of rotatable bonds is 4. The van der Waals surface area contributed by atoms with Crippen molar-refractivity contribution in [3.63, 3.8) is 0 Å². The summed E-state index contributed by atoms with van der Waals surface area (Å²) in [5.41, 5.74) is 0.364. The fourth-order valence-electron chi connectivity index (χ4n) is 4.56. The standard InChI is InChI=1S/C21H29N3O5S/c1-14-4-2-3-5-17(14)23-21(26)15-8-10-24(11-9-15)30(27,28)16-6-7-19-18(12-16)22-20(25)13-29-19/h6-7,12,14-15,17H,2-5,8-11,13H2,1H3,(H,22,25)(H,23,26)/t14-,17-/m1/s1. The first-order valence-corrected chi connectivity index (χ1v) is 12.2. The van der Waals surface area contributed by atoms with Crippen molar-refractivity contribution in [2.75, 3.05) is 25.0 Å². The molecular weight excluding hydrogens is 406 g/mol. The van der Waals surface area contributed by atoms with E-state index in [-0.39, 0.29) is 35.3 Å². The average Bonchev–Trinajstić information content (AvgIpc) is 2.75. The SMILES string of the molecule is C[C@@H]1CCCC[C@H]1NC(=O)C1CCN(S(=O)(=O)c2ccc3c(c2)NC(=O)CO3)CC1. The number of fused-ring (bicyclic) bond motifs is 1. The Morgan fingerprint density at radius 2 is 1.90 bits per heavy atom. The maximum absolute atomic E-state index is 13.1. The molecule has 1 aromatic carbocycles. The second-order valence-electron chi connectivity index (χ2n) is 8.55. The van der Waals surface area contributed by atoms with Crippen LogP contribution in [0.3, 0.4) is 0 Å². The zero-order chi connectivity index (χ0) is 21.3. The molecule has 2 atom stereocenters. The smallest absolute Gasteiger partial charge is 0.262 e. The highest BCUT2D eigenvalue weighted by atomic mass is 32.2. The fraction of sp³-hybridized carbons (Fsp3) is 0.619. The molecule has 2 heterocycles. The van der Waals surface area contributed by atoms with E-state index in [0.717, 1.165) is 19.3 Å². The molecule has 0 aromatic heterocycles. The van der Waals surface area contributed by atoms with E-state index in [4.69, 9.17) is 4.74 Å². The van der Waals surface area contributed by atoms with Gasteiger partial charge in [-0.05, 0) is 49.8 Å². The molecule has 0 radical (unpaired) electrons. The number of carbonyl (C=O) groups is 2. The van der Waals surface area contributed by atoms with E-state index in [1.807, 2.05) is 0 Å². The number of hydrogen-bond acceptors (Lipinski definition) is 5. The highest BCUT2D eigenvalue weighted by molar-refractivity contribution is 7.89. The monoisotopic (exact) mass is 435 g/mol. The van der Waals surface area contributed by atoms with E-state index in [1.165, 1.54) is 22.9 Å². The predicted octanol–water partition coefficient (Wildman–Crippen LogP) is 2.11. The highest BCUT2D eigenvalue weighted by Crippen LogP contribution is 2.32. The van der Waals surface area contributed by atoms with E-state index >= 15 is 0 Å². The Kier molecular flexibility index (Phi) is 6.02. The zero-order valence-electron chi connectivity index (χ0n) is 17.2. The number of anilines is 1. The largest absolute Gasteiger partial charge is 0.482 e. The number of piperidine rings is 1. The van der Waals surface area contributed by atoms with Crippen LogP contribution in [0.25, 0.3) is 0 Å². The van der Waals surface area contributed by atoms with Gasteiger partial charge < -0.3 is 15.4 Å². The summed E-state index contributed by atoms with van der Waals surface area (Å²) in [5.74, 6) is 0.551. The van der Waals surface area contributed by atoms with Gasteiger partial charge in [0, 0.05) is 25.0 Å². The minimum atomic E-state index is -3.70. The highest BCUT2D eigenvalue weighted by Gasteiger charge is 2.34. The lowest BCUT2D eigenvalue weighted by atomic mass is 9.85. The molecule has 2 fully saturated rings. The lowest BCUT2D eigenvalue weighted by Gasteiger charge is -2.34. The van der Waals surface area contributed by atoms with Crippen molar-refractivity contribution in [2.24, 2.45) is 11.8 Å². The Bertz CT molecular complexity index is 925. The first-order valence-electron chi connectivity index (χ1n) is 10.7. The normalized spacial score (nSPS) is 25.7. The molecule has 0 spiro atoms. The predicted molar refractivity (Wildman–Crippen MR) is 112 cm³/mol. The van der Waals surface area contributed by atoms with E-state index in [9.17, 15) is 18.0 Å². The van der Waals surface area contributed by atoms with Crippen molar-refractivity contribution in [1.29, 1.82) is 0 Å². The summed E-state index contributed by atoms with van der Waals surface area (Å²) in [5, 5.41) is 5.84. The Balaban J connectivity index is 1.38. The molecule has 2 N–H and O–H groups in total. The molecule has 1 aliphatic carbocycles. The van der Waals surface area contributed by atoms with E-state index in [1.54, 1.807) is 6.07 Å². The molecule has 164 valence electrons. The number of nitrogens with zero attached hydrogens (tertiary/aromatic N) is 1. The molecule has 0 bridgehead atoms. The van der Waals surface area contributed by atoms with Crippen LogP contribution in [0.1, 0.15) is 45.4 Å². The third-order valence-corrected chi connectivity index (χ3v) is 8.38. The van der Waals surface area contributed by atoms with Gasteiger partial charge in [-0.25, -0.2) is 8.42 Å². The van der Waals surface area contributed by atoms with Gasteiger partial charge in [0.25, 0.3) is 5.91 Å². The van der Waals surface area contributed by atoms with Crippen molar-refractivity contribution >= 4 is 27.5 Å². The number of carbonyl (C=O) groups excluding carboxylic acids is 2. The topological polar surface area (TPSA) is 105 Å². The van der Waals surface area contributed by atoms with Crippen LogP contribution in [0.15, 0.2) is 23.1 Å². The summed E-state index contributed by atoms with van der Waals surface area (Å²) >= 11 is 0. The van der Waals surface area contributed by atoms with Crippen LogP contribution in [-0.4, -0.2) is 50.3 Å². The quantitative estimate of drug-likeness (QED) is 0.754. The number of sulfonamides is 1. The van der Waals surface area contributed by atoms with E-state index < -0.39 is 10.0 Å². The van der Waals surface area contributed by atoms with Crippen LogP contribution in [0, 0.1) is 11.8 Å². The second kappa shape index (κ2) is 8.55. The van der Waals surface area contributed by atoms with Crippen molar-refractivity contribution in [1.82, 2.24) is 9.62 Å². The molecule has 3 aliphatic rings. The van der Waals surface area contributed by atoms with Crippen LogP contribution in [0.5, 0.6) is 5.75 Å². The first-order chi connectivity index (χ1) is 14.3. The Labute approximate surface area is 177 Å². The van der Waals surface area contributed by atoms with Gasteiger partial charge >= 0.3 is 0 Å². The van der Waals surface area contributed by atoms with Gasteiger partial charge in [-0.3, -0.25) is 9.59 Å². The number of benzene rings is 1. The second-order valence-corrected chi connectivity index (χ2v) is 10.5. The lowest BCUT2D eigenvalue weighted by Crippen LogP contribution is -2.47. The van der Waals surface area contributed by atoms with Crippen molar-refractivity contribution in [2.45, 2.75) is 56.4 Å². The van der Waals surface area contributed by atoms with Gasteiger partial charge in [-0.2, -0.15) is 4.31 Å². The molecule has 9 heteroatoms. The molecule has 30 heavy (non-hydrogen) atoms. The lowest BCUT2D eigenvalue weighted by molar-refractivity contribution is -0.127. The van der Waals surface area contributed by atoms with Gasteiger partial charge in [0.05, 0.1) is 10.6 Å². The van der Waals surface area contributed by atoms with Gasteiger partial charge in [-0.1, -0.05) is 19.8 Å². The van der Waals surface area contributed by atoms with Crippen molar-refractivity contribution < 1.29 is 22.7 Å². The van der Waals surface area contributed by atoms with Crippen LogP contribution >= 0.6 is 0 Å². The maximum atomic E-state index is 13.1. The average molecular weight is 436 g/mol. The number of hydrogen-bond donors (Lipinski definition) is 2. The molecule has 4 rings (SSSR count). The third-order valence-electron chi connectivity index (χ3n) is 6.49. The summed E-state index contributed by atoms with van der Waals surface area (Å²) < 4.78 is 32.8. The summed E-state index contributed by atoms with van der Waals surface area (Å²) in [7, 11) is -3.70. The molecule has 1 aromatic rings. The number of nitrogens with one attached hydrogen (secondary N) is 2. The summed E-state index contributed by atoms with van der Waals surface area (Å²) in [6.45, 7) is 2.72. The number of amides is 2. The Hall–Kier alpha value is -2.13. The fourth-order valence-corrected chi connectivity index (χ4v) is 6.06. The van der Waals surface area contributed by atoms with Crippen LogP contribution in [0.4, 0.5) is 5.69 Å². The minimum absolute atomic E-state index is 0.0550. The molecule has 1 saturated heterocycles. The Morgan fingerprint density at radius 1 is 1.17 bits per heavy atom. The summed E-state index contributed by atoms with van der Waals surface area (Å²) in [4.78, 5) is 24.3. The van der Waals surface area contributed by atoms with Gasteiger partial charge in [0.2, 0.25) is 15.9 Å². The Morgan fingerprint density at radius 3 is 2.63 bits per heavy atom. The van der Waals surface area contributed by atoms with Crippen molar-refractivity contribution in [3.05, 3.63) is 18.2 Å². The minimum Gasteiger partial charge on any atom is -0.482 e. The summed E-state index contributed by atoms with van der Waals surface area (Å²) in [6, 6.07) is 4.73. The number of ether oxygens (including phenoxy) is 1. The molecule has 1 saturated carbocycles.